The minimum atomic E-state index is 0.0427. The van der Waals surface area contributed by atoms with Crippen LogP contribution in [0.3, 0.4) is 0 Å². The summed E-state index contributed by atoms with van der Waals surface area (Å²) in [4.78, 5) is 17.0. The van der Waals surface area contributed by atoms with Gasteiger partial charge in [0, 0.05) is 6.42 Å². The Hall–Kier alpha value is -1.58. The molecule has 1 aromatic rings. The number of rotatable bonds is 0. The normalized spacial score (nSPS) is 24.1. The van der Waals surface area contributed by atoms with E-state index in [2.05, 4.69) is 15.2 Å². The zero-order chi connectivity index (χ0) is 9.54. The smallest absolute Gasteiger partial charge is 0.299 e. The van der Waals surface area contributed by atoms with Crippen molar-refractivity contribution in [3.05, 3.63) is 18.3 Å². The molecule has 72 valence electrons. The summed E-state index contributed by atoms with van der Waals surface area (Å²) in [6, 6.07) is 3.87. The highest BCUT2D eigenvalue weighted by Crippen LogP contribution is 2.32. The number of H-pyrrole nitrogens is 1. The number of hydrogen-bond acceptors (Lipinski definition) is 2. The molecular formula is C10H12N3O+. The largest absolute Gasteiger partial charge is 0.316 e. The predicted octanol–water partition coefficient (Wildman–Crippen LogP) is 0.422. The fourth-order valence-electron chi connectivity index (χ4n) is 2.29. The summed E-state index contributed by atoms with van der Waals surface area (Å²) in [6.45, 7) is 0.978. The van der Waals surface area contributed by atoms with E-state index >= 15 is 0 Å². The summed E-state index contributed by atoms with van der Waals surface area (Å²) in [6.07, 6.45) is 3.96. The van der Waals surface area contributed by atoms with Crippen molar-refractivity contribution in [3.8, 4) is 0 Å². The lowest BCUT2D eigenvalue weighted by Crippen LogP contribution is -2.46. The van der Waals surface area contributed by atoms with Crippen molar-refractivity contribution in [2.75, 3.05) is 16.8 Å². The third-order valence-electron chi connectivity index (χ3n) is 2.93. The van der Waals surface area contributed by atoms with Crippen molar-refractivity contribution >= 4 is 17.4 Å². The van der Waals surface area contributed by atoms with Crippen molar-refractivity contribution in [1.82, 2.24) is 0 Å². The van der Waals surface area contributed by atoms with Gasteiger partial charge >= 0.3 is 0 Å². The van der Waals surface area contributed by atoms with Gasteiger partial charge in [-0.25, -0.2) is 9.88 Å². The molecule has 1 amide bonds. The van der Waals surface area contributed by atoms with Crippen LogP contribution in [0, 0.1) is 0 Å². The molecule has 1 aromatic heterocycles. The summed E-state index contributed by atoms with van der Waals surface area (Å²) in [7, 11) is 0. The molecule has 2 aliphatic rings. The number of pyridine rings is 1. The van der Waals surface area contributed by atoms with E-state index in [9.17, 15) is 4.79 Å². The number of hydrogen-bond donors (Lipinski definition) is 1. The molecular weight excluding hydrogens is 178 g/mol. The standard InChI is InChI=1S/C10H11N3O/c14-10-8-4-2-6-13(8)9-7(12-10)3-1-5-11-9/h1,3,5,8H,2,4,6H2,(H,12,14)/p+1/t8-/m0/s1. The van der Waals surface area contributed by atoms with Crippen LogP contribution in [0.1, 0.15) is 12.8 Å². The molecule has 0 bridgehead atoms. The van der Waals surface area contributed by atoms with Crippen LogP contribution in [0.5, 0.6) is 0 Å². The number of carbonyl (C=O) groups excluding carboxylic acids is 1. The number of aromatic amines is 1. The Balaban J connectivity index is 2.11. The van der Waals surface area contributed by atoms with E-state index < -0.39 is 0 Å². The maximum absolute atomic E-state index is 11.7. The molecule has 0 unspecified atom stereocenters. The van der Waals surface area contributed by atoms with Crippen molar-refractivity contribution in [3.63, 3.8) is 0 Å². The summed E-state index contributed by atoms with van der Waals surface area (Å²) >= 11 is 0. The Labute approximate surface area is 81.9 Å². The Morgan fingerprint density at radius 1 is 1.57 bits per heavy atom. The van der Waals surface area contributed by atoms with Crippen LogP contribution < -0.4 is 15.2 Å². The lowest BCUT2D eigenvalue weighted by atomic mass is 10.1. The number of aromatic nitrogens is 1. The molecule has 1 saturated heterocycles. The molecule has 3 rings (SSSR count). The first-order valence-corrected chi connectivity index (χ1v) is 4.94. The molecule has 0 radical (unpaired) electrons. The van der Waals surface area contributed by atoms with Crippen LogP contribution in [0.15, 0.2) is 18.3 Å². The topological polar surface area (TPSA) is 46.5 Å². The highest BCUT2D eigenvalue weighted by molar-refractivity contribution is 6.02. The van der Waals surface area contributed by atoms with Gasteiger partial charge in [-0.2, -0.15) is 0 Å². The van der Waals surface area contributed by atoms with E-state index in [1.54, 1.807) is 0 Å². The summed E-state index contributed by atoms with van der Waals surface area (Å²) in [5.74, 6) is 1.18. The van der Waals surface area contributed by atoms with E-state index in [4.69, 9.17) is 0 Å². The van der Waals surface area contributed by atoms with Gasteiger partial charge in [0.05, 0.1) is 12.7 Å². The molecule has 0 saturated carbocycles. The maximum atomic E-state index is 11.7. The van der Waals surface area contributed by atoms with Crippen LogP contribution in [0.4, 0.5) is 11.5 Å². The number of carbonyl (C=O) groups is 1. The van der Waals surface area contributed by atoms with E-state index in [0.29, 0.717) is 0 Å². The Morgan fingerprint density at radius 2 is 2.50 bits per heavy atom. The van der Waals surface area contributed by atoms with Crippen molar-refractivity contribution < 1.29 is 9.78 Å². The summed E-state index contributed by atoms with van der Waals surface area (Å²) in [5.41, 5.74) is 0.899. The van der Waals surface area contributed by atoms with Gasteiger partial charge < -0.3 is 5.32 Å². The third-order valence-corrected chi connectivity index (χ3v) is 2.93. The average Bonchev–Trinajstić information content (AvgIpc) is 2.67. The quantitative estimate of drug-likeness (QED) is 0.644. The molecule has 0 aromatic carbocycles. The van der Waals surface area contributed by atoms with Gasteiger partial charge in [0.25, 0.3) is 11.7 Å². The van der Waals surface area contributed by atoms with Gasteiger partial charge in [-0.05, 0) is 18.6 Å². The van der Waals surface area contributed by atoms with Gasteiger partial charge in [-0.1, -0.05) is 0 Å². The highest BCUT2D eigenvalue weighted by Gasteiger charge is 2.42. The molecule has 1 atom stereocenters. The third kappa shape index (κ3) is 0.937. The lowest BCUT2D eigenvalue weighted by Gasteiger charge is -2.24. The van der Waals surface area contributed by atoms with Gasteiger partial charge in [-0.15, -0.1) is 0 Å². The van der Waals surface area contributed by atoms with Gasteiger partial charge in [0.2, 0.25) is 0 Å². The fraction of sp³-hybridized carbons (Fsp3) is 0.400. The number of nitrogens with zero attached hydrogens (tertiary/aromatic N) is 1. The van der Waals surface area contributed by atoms with Crippen LogP contribution in [-0.2, 0) is 4.79 Å². The molecule has 0 aliphatic carbocycles. The number of fused-ring (bicyclic) bond motifs is 3. The first-order valence-electron chi connectivity index (χ1n) is 4.94. The first-order chi connectivity index (χ1) is 6.86. The van der Waals surface area contributed by atoms with Gasteiger partial charge in [0.15, 0.2) is 6.04 Å². The van der Waals surface area contributed by atoms with Crippen LogP contribution >= 0.6 is 0 Å². The molecule has 4 heteroatoms. The monoisotopic (exact) mass is 190 g/mol. The van der Waals surface area contributed by atoms with Crippen molar-refractivity contribution in [1.29, 1.82) is 0 Å². The van der Waals surface area contributed by atoms with E-state index in [1.165, 1.54) is 0 Å². The minimum Gasteiger partial charge on any atom is -0.316 e. The first kappa shape index (κ1) is 7.79. The van der Waals surface area contributed by atoms with E-state index in [0.717, 1.165) is 30.9 Å². The Bertz CT molecular complexity index is 391. The fourth-order valence-corrected chi connectivity index (χ4v) is 2.29. The summed E-state index contributed by atoms with van der Waals surface area (Å²) in [5, 5.41) is 2.92. The van der Waals surface area contributed by atoms with Gasteiger partial charge in [-0.3, -0.25) is 4.79 Å². The van der Waals surface area contributed by atoms with Crippen molar-refractivity contribution in [2.45, 2.75) is 18.9 Å². The van der Waals surface area contributed by atoms with Crippen LogP contribution in [-0.4, -0.2) is 18.5 Å². The lowest BCUT2D eigenvalue weighted by molar-refractivity contribution is -0.363. The van der Waals surface area contributed by atoms with Crippen LogP contribution in [0.2, 0.25) is 0 Å². The second-order valence-electron chi connectivity index (χ2n) is 3.77. The van der Waals surface area contributed by atoms with Gasteiger partial charge in [0.1, 0.15) is 5.69 Å². The maximum Gasteiger partial charge on any atom is 0.299 e. The SMILES string of the molecule is O=C1Nc2ccc[nH+]c2N2CCC[C@@H]12. The van der Waals surface area contributed by atoms with E-state index in [1.807, 2.05) is 18.3 Å². The molecule has 0 spiro atoms. The molecule has 1 fully saturated rings. The van der Waals surface area contributed by atoms with Crippen molar-refractivity contribution in [2.24, 2.45) is 0 Å². The minimum absolute atomic E-state index is 0.0427. The molecule has 14 heavy (non-hydrogen) atoms. The Morgan fingerprint density at radius 3 is 3.43 bits per heavy atom. The number of nitrogens with one attached hydrogen (secondary N) is 2. The molecule has 4 nitrogen and oxygen atoms in total. The predicted molar refractivity (Wildman–Crippen MR) is 52.0 cm³/mol. The summed E-state index contributed by atoms with van der Waals surface area (Å²) < 4.78 is 0. The second kappa shape index (κ2) is 2.70. The highest BCUT2D eigenvalue weighted by atomic mass is 16.2. The molecule has 2 aliphatic heterocycles. The molecule has 3 heterocycles. The van der Waals surface area contributed by atoms with Crippen LogP contribution in [0.25, 0.3) is 0 Å². The zero-order valence-corrected chi connectivity index (χ0v) is 7.79. The van der Waals surface area contributed by atoms with E-state index in [-0.39, 0.29) is 11.9 Å². The zero-order valence-electron chi connectivity index (χ0n) is 7.79. The number of anilines is 2. The Kier molecular flexibility index (Phi) is 1.50. The number of amides is 1. The molecule has 2 N–H and O–H groups in total. The average molecular weight is 190 g/mol. The second-order valence-corrected chi connectivity index (χ2v) is 3.77.